The lowest BCUT2D eigenvalue weighted by atomic mass is 10.0. The average Bonchev–Trinajstić information content (AvgIpc) is 2.75. The second-order valence-electron chi connectivity index (χ2n) is 4.62. The maximum atomic E-state index is 12.0. The number of sulfonamides is 1. The van der Waals surface area contributed by atoms with Gasteiger partial charge in [0.05, 0.1) is 11.3 Å². The number of nitrogens with two attached hydrogens (primary N) is 1. The minimum Gasteiger partial charge on any atom is -0.396 e. The molecule has 2 rings (SSSR count). The molecule has 0 aromatic carbocycles. The molecule has 1 saturated heterocycles. The summed E-state index contributed by atoms with van der Waals surface area (Å²) in [4.78, 5) is 3.80. The topological polar surface area (TPSA) is 94.3 Å². The number of hydrogen-bond donors (Lipinski definition) is 2. The van der Waals surface area contributed by atoms with E-state index >= 15 is 0 Å². The molecular formula is C11H17N3O3S. The molecule has 100 valence electrons. The minimum absolute atomic E-state index is 0.133. The molecule has 1 aromatic heterocycles. The number of nitrogens with zero attached hydrogens (tertiary/aromatic N) is 1. The third kappa shape index (κ3) is 2.80. The van der Waals surface area contributed by atoms with E-state index < -0.39 is 15.6 Å². The fourth-order valence-electron chi connectivity index (χ4n) is 1.92. The van der Waals surface area contributed by atoms with Crippen molar-refractivity contribution in [1.82, 2.24) is 9.71 Å². The number of pyridine rings is 1. The molecular weight excluding hydrogens is 254 g/mol. The van der Waals surface area contributed by atoms with E-state index in [1.54, 1.807) is 6.07 Å². The molecule has 0 aliphatic carbocycles. The largest absolute Gasteiger partial charge is 0.396 e. The van der Waals surface area contributed by atoms with E-state index in [4.69, 9.17) is 10.5 Å². The first-order valence-electron chi connectivity index (χ1n) is 5.77. The molecule has 0 saturated carbocycles. The van der Waals surface area contributed by atoms with E-state index in [9.17, 15) is 8.42 Å². The van der Waals surface area contributed by atoms with Crippen molar-refractivity contribution >= 4 is 15.7 Å². The number of nitrogen functional groups attached to an aromatic ring is 1. The fraction of sp³-hybridized carbons (Fsp3) is 0.545. The first-order chi connectivity index (χ1) is 8.43. The number of hydrogen-bond acceptors (Lipinski definition) is 5. The Morgan fingerprint density at radius 2 is 2.39 bits per heavy atom. The molecule has 2 heterocycles. The highest BCUT2D eigenvalue weighted by Crippen LogP contribution is 2.24. The molecule has 1 aliphatic heterocycles. The van der Waals surface area contributed by atoms with Crippen LogP contribution in [0.1, 0.15) is 19.8 Å². The van der Waals surface area contributed by atoms with Crippen LogP contribution in [-0.4, -0.2) is 32.2 Å². The van der Waals surface area contributed by atoms with Crippen molar-refractivity contribution < 1.29 is 13.2 Å². The van der Waals surface area contributed by atoms with E-state index in [0.29, 0.717) is 6.61 Å². The van der Waals surface area contributed by atoms with Gasteiger partial charge < -0.3 is 10.5 Å². The number of ether oxygens (including phenoxy) is 1. The molecule has 1 atom stereocenters. The maximum Gasteiger partial charge on any atom is 0.260 e. The Balaban J connectivity index is 2.11. The zero-order chi connectivity index (χ0) is 13.2. The van der Waals surface area contributed by atoms with Crippen LogP contribution in [0.3, 0.4) is 0 Å². The molecule has 1 unspecified atom stereocenters. The Morgan fingerprint density at radius 1 is 1.61 bits per heavy atom. The van der Waals surface area contributed by atoms with Crippen LogP contribution in [0.2, 0.25) is 0 Å². The van der Waals surface area contributed by atoms with E-state index in [2.05, 4.69) is 9.71 Å². The molecule has 18 heavy (non-hydrogen) atoms. The molecule has 1 aromatic rings. The summed E-state index contributed by atoms with van der Waals surface area (Å²) in [5.74, 6) is 0. The lowest BCUT2D eigenvalue weighted by molar-refractivity contribution is 0.0250. The zero-order valence-corrected chi connectivity index (χ0v) is 11.0. The second kappa shape index (κ2) is 4.83. The van der Waals surface area contributed by atoms with Crippen LogP contribution in [0.25, 0.3) is 0 Å². The molecule has 6 nitrogen and oxygen atoms in total. The highest BCUT2D eigenvalue weighted by molar-refractivity contribution is 7.89. The molecule has 7 heteroatoms. The van der Waals surface area contributed by atoms with Gasteiger partial charge in [-0.25, -0.2) is 18.1 Å². The molecule has 1 aliphatic rings. The number of aromatic nitrogens is 1. The van der Waals surface area contributed by atoms with Crippen molar-refractivity contribution in [1.29, 1.82) is 0 Å². The Labute approximate surface area is 107 Å². The first-order valence-corrected chi connectivity index (χ1v) is 7.25. The van der Waals surface area contributed by atoms with Crippen LogP contribution in [-0.2, 0) is 14.8 Å². The first kappa shape index (κ1) is 13.3. The molecule has 1 fully saturated rings. The Hall–Kier alpha value is -1.18. The minimum atomic E-state index is -3.68. The standard InChI is InChI=1S/C11H17N3O3S/c1-11(5-3-7-17-11)8-14-18(15,16)10-9(12)4-2-6-13-10/h2,4,6,14H,3,5,7-8,12H2,1H3. The van der Waals surface area contributed by atoms with Gasteiger partial charge in [-0.3, -0.25) is 0 Å². The highest BCUT2D eigenvalue weighted by Gasteiger charge is 2.32. The van der Waals surface area contributed by atoms with Crippen molar-refractivity contribution in [2.45, 2.75) is 30.4 Å². The van der Waals surface area contributed by atoms with Gasteiger partial charge in [-0.2, -0.15) is 0 Å². The van der Waals surface area contributed by atoms with Crippen LogP contribution < -0.4 is 10.5 Å². The van der Waals surface area contributed by atoms with Crippen molar-refractivity contribution in [3.63, 3.8) is 0 Å². The third-order valence-corrected chi connectivity index (χ3v) is 4.37. The fourth-order valence-corrected chi connectivity index (χ4v) is 3.13. The lowest BCUT2D eigenvalue weighted by Gasteiger charge is -2.23. The molecule has 0 spiro atoms. The predicted octanol–water partition coefficient (Wildman–Crippen LogP) is 0.511. The van der Waals surface area contributed by atoms with Gasteiger partial charge in [0.2, 0.25) is 0 Å². The second-order valence-corrected chi connectivity index (χ2v) is 6.31. The summed E-state index contributed by atoms with van der Waals surface area (Å²) in [6, 6.07) is 3.10. The van der Waals surface area contributed by atoms with Gasteiger partial charge >= 0.3 is 0 Å². The van der Waals surface area contributed by atoms with Crippen LogP contribution in [0.15, 0.2) is 23.4 Å². The van der Waals surface area contributed by atoms with Gasteiger partial charge in [-0.05, 0) is 31.9 Å². The Morgan fingerprint density at radius 3 is 3.00 bits per heavy atom. The summed E-state index contributed by atoms with van der Waals surface area (Å²) in [7, 11) is -3.68. The van der Waals surface area contributed by atoms with E-state index in [1.807, 2.05) is 6.92 Å². The van der Waals surface area contributed by atoms with Crippen LogP contribution in [0, 0.1) is 0 Å². The lowest BCUT2D eigenvalue weighted by Crippen LogP contribution is -2.40. The molecule has 0 bridgehead atoms. The van der Waals surface area contributed by atoms with Gasteiger partial charge in [0, 0.05) is 19.3 Å². The Kier molecular flexibility index (Phi) is 3.56. The molecule has 3 N–H and O–H groups in total. The van der Waals surface area contributed by atoms with Crippen molar-refractivity contribution in [3.05, 3.63) is 18.3 Å². The van der Waals surface area contributed by atoms with Crippen molar-refractivity contribution in [2.24, 2.45) is 0 Å². The quantitative estimate of drug-likeness (QED) is 0.832. The van der Waals surface area contributed by atoms with Gasteiger partial charge in [-0.1, -0.05) is 0 Å². The van der Waals surface area contributed by atoms with E-state index in [0.717, 1.165) is 12.8 Å². The van der Waals surface area contributed by atoms with Gasteiger partial charge in [0.25, 0.3) is 10.0 Å². The SMILES string of the molecule is CC1(CNS(=O)(=O)c2ncccc2N)CCCO1. The van der Waals surface area contributed by atoms with Gasteiger partial charge in [0.1, 0.15) is 0 Å². The van der Waals surface area contributed by atoms with Crippen LogP contribution in [0.4, 0.5) is 5.69 Å². The molecule has 0 amide bonds. The number of nitrogens with one attached hydrogen (secondary N) is 1. The normalized spacial score (nSPS) is 24.3. The van der Waals surface area contributed by atoms with Crippen molar-refractivity contribution in [3.8, 4) is 0 Å². The van der Waals surface area contributed by atoms with Crippen LogP contribution >= 0.6 is 0 Å². The predicted molar refractivity (Wildman–Crippen MR) is 67.4 cm³/mol. The summed E-state index contributed by atoms with van der Waals surface area (Å²) < 4.78 is 32.1. The van der Waals surface area contributed by atoms with Gasteiger partial charge in [0.15, 0.2) is 5.03 Å². The van der Waals surface area contributed by atoms with E-state index in [-0.39, 0.29) is 17.3 Å². The van der Waals surface area contributed by atoms with Gasteiger partial charge in [-0.15, -0.1) is 0 Å². The summed E-state index contributed by atoms with van der Waals surface area (Å²) in [6.07, 6.45) is 3.19. The van der Waals surface area contributed by atoms with E-state index in [1.165, 1.54) is 12.3 Å². The average molecular weight is 271 g/mol. The summed E-state index contributed by atoms with van der Waals surface area (Å²) in [5.41, 5.74) is 5.32. The summed E-state index contributed by atoms with van der Waals surface area (Å²) in [5, 5.41) is -0.133. The molecule has 0 radical (unpaired) electrons. The maximum absolute atomic E-state index is 12.0. The third-order valence-electron chi connectivity index (χ3n) is 2.99. The smallest absolute Gasteiger partial charge is 0.260 e. The number of rotatable bonds is 4. The monoisotopic (exact) mass is 271 g/mol. The summed E-state index contributed by atoms with van der Waals surface area (Å²) in [6.45, 7) is 2.79. The summed E-state index contributed by atoms with van der Waals surface area (Å²) >= 11 is 0. The zero-order valence-electron chi connectivity index (χ0n) is 10.2. The van der Waals surface area contributed by atoms with Crippen LogP contribution in [0.5, 0.6) is 0 Å². The Bertz CT molecular complexity index is 524. The van der Waals surface area contributed by atoms with Crippen molar-refractivity contribution in [2.75, 3.05) is 18.9 Å². The highest BCUT2D eigenvalue weighted by atomic mass is 32.2. The number of anilines is 1.